The molecule has 3 aromatic rings. The average Bonchev–Trinajstić information content (AvgIpc) is 3.10. The van der Waals surface area contributed by atoms with Crippen molar-refractivity contribution in [2.75, 3.05) is 0 Å². The van der Waals surface area contributed by atoms with Crippen LogP contribution in [0.25, 0.3) is 5.69 Å². The minimum atomic E-state index is -0.926. The molecule has 6 nitrogen and oxygen atoms in total. The summed E-state index contributed by atoms with van der Waals surface area (Å²) in [7, 11) is 0. The molecule has 0 saturated carbocycles. The number of halogens is 1. The first-order valence-corrected chi connectivity index (χ1v) is 7.89. The van der Waals surface area contributed by atoms with E-state index >= 15 is 0 Å². The first-order chi connectivity index (χ1) is 12.0. The molecule has 2 amide bonds. The number of hydrogen-bond acceptors (Lipinski definition) is 3. The van der Waals surface area contributed by atoms with Crippen LogP contribution in [0.5, 0.6) is 0 Å². The van der Waals surface area contributed by atoms with E-state index in [0.717, 1.165) is 5.69 Å². The predicted molar refractivity (Wildman–Crippen MR) is 94.4 cm³/mol. The molecule has 0 aliphatic heterocycles. The Morgan fingerprint density at radius 1 is 1.08 bits per heavy atom. The van der Waals surface area contributed by atoms with E-state index in [1.54, 1.807) is 54.7 Å². The Kier molecular flexibility index (Phi) is 4.81. The summed E-state index contributed by atoms with van der Waals surface area (Å²) in [4.78, 5) is 24.1. The number of nitrogens with one attached hydrogen (secondary N) is 1. The van der Waals surface area contributed by atoms with Gasteiger partial charge in [0.2, 0.25) is 5.91 Å². The lowest BCUT2D eigenvalue weighted by Crippen LogP contribution is -2.37. The van der Waals surface area contributed by atoms with Crippen LogP contribution in [0.15, 0.2) is 66.9 Å². The summed E-state index contributed by atoms with van der Waals surface area (Å²) < 4.78 is 1.53. The van der Waals surface area contributed by atoms with Gasteiger partial charge >= 0.3 is 0 Å². The van der Waals surface area contributed by atoms with Crippen molar-refractivity contribution in [3.8, 4) is 5.69 Å². The zero-order chi connectivity index (χ0) is 17.8. The normalized spacial score (nSPS) is 11.7. The van der Waals surface area contributed by atoms with E-state index in [4.69, 9.17) is 17.3 Å². The summed E-state index contributed by atoms with van der Waals surface area (Å²) >= 11 is 5.96. The van der Waals surface area contributed by atoms with Crippen LogP contribution in [0.4, 0.5) is 0 Å². The van der Waals surface area contributed by atoms with Gasteiger partial charge in [0.05, 0.1) is 5.69 Å². The summed E-state index contributed by atoms with van der Waals surface area (Å²) in [5.41, 5.74) is 6.91. The van der Waals surface area contributed by atoms with Crippen LogP contribution in [-0.2, 0) is 4.79 Å². The molecule has 0 aliphatic rings. The lowest BCUT2D eigenvalue weighted by atomic mass is 10.1. The zero-order valence-electron chi connectivity index (χ0n) is 13.1. The van der Waals surface area contributed by atoms with Gasteiger partial charge in [0.1, 0.15) is 6.04 Å². The van der Waals surface area contributed by atoms with Gasteiger partial charge in [-0.1, -0.05) is 48.0 Å². The van der Waals surface area contributed by atoms with Crippen LogP contribution in [-0.4, -0.2) is 21.6 Å². The molecule has 1 atom stereocenters. The van der Waals surface area contributed by atoms with E-state index in [1.165, 1.54) is 4.68 Å². The fourth-order valence-electron chi connectivity index (χ4n) is 2.38. The molecule has 0 radical (unpaired) electrons. The molecule has 0 fully saturated rings. The Morgan fingerprint density at radius 2 is 1.84 bits per heavy atom. The molecule has 126 valence electrons. The summed E-state index contributed by atoms with van der Waals surface area (Å²) in [5, 5.41) is 7.40. The smallest absolute Gasteiger partial charge is 0.272 e. The van der Waals surface area contributed by atoms with Crippen LogP contribution in [0.2, 0.25) is 5.02 Å². The van der Waals surface area contributed by atoms with E-state index in [1.807, 2.05) is 12.1 Å². The molecule has 3 rings (SSSR count). The maximum absolute atomic E-state index is 12.4. The molecule has 1 aromatic heterocycles. The summed E-state index contributed by atoms with van der Waals surface area (Å²) in [6.07, 6.45) is 1.64. The van der Waals surface area contributed by atoms with E-state index in [-0.39, 0.29) is 5.69 Å². The number of nitrogens with two attached hydrogens (primary N) is 1. The molecule has 0 spiro atoms. The van der Waals surface area contributed by atoms with E-state index < -0.39 is 17.9 Å². The number of rotatable bonds is 5. The lowest BCUT2D eigenvalue weighted by molar-refractivity contribution is -0.120. The maximum Gasteiger partial charge on any atom is 0.272 e. The number of hydrogen-bond donors (Lipinski definition) is 2. The fraction of sp³-hybridized carbons (Fsp3) is 0.0556. The van der Waals surface area contributed by atoms with Gasteiger partial charge in [-0.25, -0.2) is 4.68 Å². The number of nitrogens with zero attached hydrogens (tertiary/aromatic N) is 2. The van der Waals surface area contributed by atoms with Crippen LogP contribution in [0.3, 0.4) is 0 Å². The van der Waals surface area contributed by atoms with E-state index in [2.05, 4.69) is 10.4 Å². The van der Waals surface area contributed by atoms with Crippen molar-refractivity contribution in [3.05, 3.63) is 83.1 Å². The number of benzene rings is 2. The first-order valence-electron chi connectivity index (χ1n) is 7.51. The summed E-state index contributed by atoms with van der Waals surface area (Å²) in [6.45, 7) is 0. The second-order valence-electron chi connectivity index (χ2n) is 5.34. The predicted octanol–water partition coefficient (Wildman–Crippen LogP) is 2.48. The van der Waals surface area contributed by atoms with Gasteiger partial charge < -0.3 is 11.1 Å². The number of primary amides is 1. The monoisotopic (exact) mass is 354 g/mol. The van der Waals surface area contributed by atoms with Crippen LogP contribution in [0, 0.1) is 0 Å². The Labute approximate surface area is 149 Å². The van der Waals surface area contributed by atoms with Gasteiger partial charge in [0.15, 0.2) is 5.69 Å². The second kappa shape index (κ2) is 7.19. The van der Waals surface area contributed by atoms with Gasteiger partial charge in [-0.15, -0.1) is 0 Å². The van der Waals surface area contributed by atoms with Crippen molar-refractivity contribution in [2.45, 2.75) is 6.04 Å². The Balaban J connectivity index is 1.80. The molecular weight excluding hydrogens is 340 g/mol. The van der Waals surface area contributed by atoms with E-state index in [9.17, 15) is 9.59 Å². The third-order valence-electron chi connectivity index (χ3n) is 3.59. The molecule has 25 heavy (non-hydrogen) atoms. The molecule has 0 aliphatic carbocycles. The maximum atomic E-state index is 12.4. The van der Waals surface area contributed by atoms with Gasteiger partial charge in [-0.2, -0.15) is 5.10 Å². The molecule has 1 heterocycles. The number of aromatic nitrogens is 2. The van der Waals surface area contributed by atoms with Gasteiger partial charge in [0.25, 0.3) is 5.91 Å². The van der Waals surface area contributed by atoms with Gasteiger partial charge in [-0.05, 0) is 29.8 Å². The highest BCUT2D eigenvalue weighted by Gasteiger charge is 2.22. The second-order valence-corrected chi connectivity index (χ2v) is 5.78. The SMILES string of the molecule is NC(=O)[C@H](NC(=O)c1ccn(-c2cccc(Cl)c2)n1)c1ccccc1. The van der Waals surface area contributed by atoms with Crippen molar-refractivity contribution < 1.29 is 9.59 Å². The highest BCUT2D eigenvalue weighted by molar-refractivity contribution is 6.30. The van der Waals surface area contributed by atoms with Crippen molar-refractivity contribution >= 4 is 23.4 Å². The topological polar surface area (TPSA) is 90.0 Å². The Hall–Kier alpha value is -3.12. The minimum Gasteiger partial charge on any atom is -0.368 e. The largest absolute Gasteiger partial charge is 0.368 e. The molecule has 0 saturated heterocycles. The molecule has 7 heteroatoms. The Bertz CT molecular complexity index is 908. The highest BCUT2D eigenvalue weighted by Crippen LogP contribution is 2.16. The lowest BCUT2D eigenvalue weighted by Gasteiger charge is -2.15. The molecular formula is C18H15ClN4O2. The summed E-state index contributed by atoms with van der Waals surface area (Å²) in [6, 6.07) is 16.5. The van der Waals surface area contributed by atoms with Crippen LogP contribution < -0.4 is 11.1 Å². The van der Waals surface area contributed by atoms with Crippen molar-refractivity contribution in [1.82, 2.24) is 15.1 Å². The molecule has 2 aromatic carbocycles. The average molecular weight is 355 g/mol. The standard InChI is InChI=1S/C18H15ClN4O2/c19-13-7-4-8-14(11-13)23-10-9-15(22-23)18(25)21-16(17(20)24)12-5-2-1-3-6-12/h1-11,16H,(H2,20,24)(H,21,25)/t16-/m1/s1. The van der Waals surface area contributed by atoms with Gasteiger partial charge in [0, 0.05) is 11.2 Å². The number of carbonyl (C=O) groups excluding carboxylic acids is 2. The van der Waals surface area contributed by atoms with Crippen molar-refractivity contribution in [3.63, 3.8) is 0 Å². The van der Waals surface area contributed by atoms with Gasteiger partial charge in [-0.3, -0.25) is 9.59 Å². The third kappa shape index (κ3) is 3.87. The zero-order valence-corrected chi connectivity index (χ0v) is 13.9. The summed E-state index contributed by atoms with van der Waals surface area (Å²) in [5.74, 6) is -1.14. The van der Waals surface area contributed by atoms with E-state index in [0.29, 0.717) is 10.6 Å². The van der Waals surface area contributed by atoms with Crippen molar-refractivity contribution in [1.29, 1.82) is 0 Å². The van der Waals surface area contributed by atoms with Crippen LogP contribution >= 0.6 is 11.6 Å². The Morgan fingerprint density at radius 3 is 2.52 bits per heavy atom. The molecule has 3 N–H and O–H groups in total. The fourth-order valence-corrected chi connectivity index (χ4v) is 2.56. The van der Waals surface area contributed by atoms with Crippen molar-refractivity contribution in [2.24, 2.45) is 5.73 Å². The molecule has 0 unspecified atom stereocenters. The quantitative estimate of drug-likeness (QED) is 0.737. The third-order valence-corrected chi connectivity index (χ3v) is 3.82. The first kappa shape index (κ1) is 16.7. The van der Waals surface area contributed by atoms with Crippen LogP contribution in [0.1, 0.15) is 22.1 Å². The molecule has 0 bridgehead atoms. The number of carbonyl (C=O) groups is 2. The highest BCUT2D eigenvalue weighted by atomic mass is 35.5. The minimum absolute atomic E-state index is 0.169. The number of amides is 2.